The molecule has 0 aliphatic carbocycles. The predicted molar refractivity (Wildman–Crippen MR) is 66.4 cm³/mol. The number of hydrogen-bond acceptors (Lipinski definition) is 3. The van der Waals surface area contributed by atoms with Gasteiger partial charge >= 0.3 is 5.97 Å². The molecule has 0 atom stereocenters. The molecule has 0 saturated carbocycles. The SMILES string of the molecule is Cc1oc(CCc2cccc(F)c2)nc1CC(=O)O. The molecule has 2 aromatic rings. The average Bonchev–Trinajstić information content (AvgIpc) is 2.67. The molecule has 0 saturated heterocycles. The highest BCUT2D eigenvalue weighted by Gasteiger charge is 2.12. The molecule has 1 aromatic carbocycles. The Morgan fingerprint density at radius 1 is 1.42 bits per heavy atom. The first-order valence-electron chi connectivity index (χ1n) is 5.96. The zero-order chi connectivity index (χ0) is 13.8. The van der Waals surface area contributed by atoms with Crippen LogP contribution < -0.4 is 0 Å². The summed E-state index contributed by atoms with van der Waals surface area (Å²) < 4.78 is 18.4. The molecule has 1 heterocycles. The van der Waals surface area contributed by atoms with E-state index in [1.165, 1.54) is 12.1 Å². The zero-order valence-electron chi connectivity index (χ0n) is 10.5. The van der Waals surface area contributed by atoms with E-state index in [9.17, 15) is 9.18 Å². The highest BCUT2D eigenvalue weighted by molar-refractivity contribution is 5.69. The van der Waals surface area contributed by atoms with E-state index in [0.29, 0.717) is 30.2 Å². The highest BCUT2D eigenvalue weighted by Crippen LogP contribution is 2.13. The number of carboxylic acids is 1. The Labute approximate surface area is 109 Å². The second kappa shape index (κ2) is 5.65. The van der Waals surface area contributed by atoms with Gasteiger partial charge in [-0.15, -0.1) is 0 Å². The van der Waals surface area contributed by atoms with E-state index < -0.39 is 5.97 Å². The lowest BCUT2D eigenvalue weighted by atomic mass is 10.1. The van der Waals surface area contributed by atoms with E-state index in [0.717, 1.165) is 5.56 Å². The predicted octanol–water partition coefficient (Wildman–Crippen LogP) is 2.53. The van der Waals surface area contributed by atoms with E-state index >= 15 is 0 Å². The van der Waals surface area contributed by atoms with Crippen molar-refractivity contribution < 1.29 is 18.7 Å². The van der Waals surface area contributed by atoms with Gasteiger partial charge in [0.2, 0.25) is 0 Å². The summed E-state index contributed by atoms with van der Waals surface area (Å²) in [6.07, 6.45) is 0.976. The molecule has 0 aliphatic heterocycles. The van der Waals surface area contributed by atoms with Crippen LogP contribution in [0, 0.1) is 12.7 Å². The molecule has 0 bridgehead atoms. The van der Waals surface area contributed by atoms with Crippen LogP contribution in [0.4, 0.5) is 4.39 Å². The van der Waals surface area contributed by atoms with Crippen molar-refractivity contribution in [2.45, 2.75) is 26.2 Å². The van der Waals surface area contributed by atoms with Gasteiger partial charge in [-0.1, -0.05) is 12.1 Å². The van der Waals surface area contributed by atoms with Crippen LogP contribution in [-0.4, -0.2) is 16.1 Å². The van der Waals surface area contributed by atoms with Crippen LogP contribution in [0.2, 0.25) is 0 Å². The Hall–Kier alpha value is -2.17. The van der Waals surface area contributed by atoms with Gasteiger partial charge in [-0.05, 0) is 31.0 Å². The van der Waals surface area contributed by atoms with Crippen LogP contribution in [0.15, 0.2) is 28.7 Å². The van der Waals surface area contributed by atoms with E-state index in [-0.39, 0.29) is 12.2 Å². The molecule has 5 heteroatoms. The third-order valence-electron chi connectivity index (χ3n) is 2.77. The van der Waals surface area contributed by atoms with Crippen LogP contribution >= 0.6 is 0 Å². The smallest absolute Gasteiger partial charge is 0.309 e. The second-order valence-electron chi connectivity index (χ2n) is 4.31. The number of halogens is 1. The normalized spacial score (nSPS) is 10.6. The fourth-order valence-electron chi connectivity index (χ4n) is 1.85. The van der Waals surface area contributed by atoms with Gasteiger partial charge in [-0.3, -0.25) is 4.79 Å². The molecule has 4 nitrogen and oxygen atoms in total. The molecule has 0 spiro atoms. The minimum absolute atomic E-state index is 0.144. The molecule has 100 valence electrons. The van der Waals surface area contributed by atoms with Gasteiger partial charge in [-0.2, -0.15) is 0 Å². The number of aromatic nitrogens is 1. The molecular formula is C14H14FNO3. The van der Waals surface area contributed by atoms with Gasteiger partial charge in [0, 0.05) is 6.42 Å². The van der Waals surface area contributed by atoms with Crippen LogP contribution in [-0.2, 0) is 24.1 Å². The average molecular weight is 263 g/mol. The Morgan fingerprint density at radius 2 is 2.21 bits per heavy atom. The maximum atomic E-state index is 13.0. The Kier molecular flexibility index (Phi) is 3.94. The van der Waals surface area contributed by atoms with Gasteiger partial charge in [-0.25, -0.2) is 9.37 Å². The number of carboxylic acid groups (broad SMARTS) is 1. The maximum absolute atomic E-state index is 13.0. The lowest BCUT2D eigenvalue weighted by Gasteiger charge is -1.98. The highest BCUT2D eigenvalue weighted by atomic mass is 19.1. The van der Waals surface area contributed by atoms with Crippen molar-refractivity contribution in [3.05, 3.63) is 53.0 Å². The minimum Gasteiger partial charge on any atom is -0.481 e. The first-order chi connectivity index (χ1) is 9.04. The van der Waals surface area contributed by atoms with E-state index in [4.69, 9.17) is 9.52 Å². The van der Waals surface area contributed by atoms with Gasteiger partial charge in [0.15, 0.2) is 5.89 Å². The van der Waals surface area contributed by atoms with Crippen molar-refractivity contribution in [2.75, 3.05) is 0 Å². The summed E-state index contributed by atoms with van der Waals surface area (Å²) in [5, 5.41) is 8.72. The molecule has 0 amide bonds. The third-order valence-corrected chi connectivity index (χ3v) is 2.77. The largest absolute Gasteiger partial charge is 0.481 e. The van der Waals surface area contributed by atoms with E-state index in [1.807, 2.05) is 6.07 Å². The summed E-state index contributed by atoms with van der Waals surface area (Å²) in [7, 11) is 0. The topological polar surface area (TPSA) is 63.3 Å². The maximum Gasteiger partial charge on any atom is 0.309 e. The standard InChI is InChI=1S/C14H14FNO3/c1-9-12(8-14(17)18)16-13(19-9)6-5-10-3-2-4-11(15)7-10/h2-4,7H,5-6,8H2,1H3,(H,17,18). The van der Waals surface area contributed by atoms with Crippen LogP contribution in [0.5, 0.6) is 0 Å². The molecule has 19 heavy (non-hydrogen) atoms. The number of aryl methyl sites for hydroxylation is 3. The third kappa shape index (κ3) is 3.64. The van der Waals surface area contributed by atoms with Gasteiger partial charge in [0.25, 0.3) is 0 Å². The first kappa shape index (κ1) is 13.3. The van der Waals surface area contributed by atoms with Gasteiger partial charge in [0.05, 0.1) is 12.1 Å². The molecule has 1 N–H and O–H groups in total. The molecule has 0 radical (unpaired) electrons. The fraction of sp³-hybridized carbons (Fsp3) is 0.286. The number of aliphatic carboxylic acids is 1. The Morgan fingerprint density at radius 3 is 2.89 bits per heavy atom. The van der Waals surface area contributed by atoms with Crippen molar-refractivity contribution in [1.29, 1.82) is 0 Å². The molecule has 2 rings (SSSR count). The van der Waals surface area contributed by atoms with E-state index in [2.05, 4.69) is 4.98 Å². The molecule has 0 fully saturated rings. The molecule has 0 aliphatic rings. The van der Waals surface area contributed by atoms with Crippen molar-refractivity contribution in [3.8, 4) is 0 Å². The van der Waals surface area contributed by atoms with Crippen LogP contribution in [0.25, 0.3) is 0 Å². The van der Waals surface area contributed by atoms with E-state index in [1.54, 1.807) is 13.0 Å². The quantitative estimate of drug-likeness (QED) is 0.900. The van der Waals surface area contributed by atoms with Crippen molar-refractivity contribution in [2.24, 2.45) is 0 Å². The van der Waals surface area contributed by atoms with Gasteiger partial charge in [0.1, 0.15) is 11.6 Å². The molecular weight excluding hydrogens is 249 g/mol. The molecule has 0 unspecified atom stereocenters. The van der Waals surface area contributed by atoms with Crippen LogP contribution in [0.1, 0.15) is 22.9 Å². The lowest BCUT2D eigenvalue weighted by molar-refractivity contribution is -0.136. The number of oxazole rings is 1. The summed E-state index contributed by atoms with van der Waals surface area (Å²) in [4.78, 5) is 14.8. The van der Waals surface area contributed by atoms with Crippen molar-refractivity contribution >= 4 is 5.97 Å². The number of rotatable bonds is 5. The van der Waals surface area contributed by atoms with Crippen molar-refractivity contribution in [1.82, 2.24) is 4.98 Å². The van der Waals surface area contributed by atoms with Crippen LogP contribution in [0.3, 0.4) is 0 Å². The Balaban J connectivity index is 2.02. The zero-order valence-corrected chi connectivity index (χ0v) is 10.5. The number of nitrogens with zero attached hydrogens (tertiary/aromatic N) is 1. The van der Waals surface area contributed by atoms with Gasteiger partial charge < -0.3 is 9.52 Å². The molecule has 1 aromatic heterocycles. The lowest BCUT2D eigenvalue weighted by Crippen LogP contribution is -2.02. The summed E-state index contributed by atoms with van der Waals surface area (Å²) in [5.74, 6) is -0.199. The first-order valence-corrected chi connectivity index (χ1v) is 5.96. The summed E-state index contributed by atoms with van der Waals surface area (Å²) in [6, 6.07) is 6.34. The Bertz CT molecular complexity index is 592. The summed E-state index contributed by atoms with van der Waals surface area (Å²) in [6.45, 7) is 1.69. The number of hydrogen-bond donors (Lipinski definition) is 1. The fourth-order valence-corrected chi connectivity index (χ4v) is 1.85. The number of carbonyl (C=O) groups is 1. The van der Waals surface area contributed by atoms with Crippen molar-refractivity contribution in [3.63, 3.8) is 0 Å². The second-order valence-corrected chi connectivity index (χ2v) is 4.31. The summed E-state index contributed by atoms with van der Waals surface area (Å²) >= 11 is 0. The monoisotopic (exact) mass is 263 g/mol. The summed E-state index contributed by atoms with van der Waals surface area (Å²) in [5.41, 5.74) is 1.30. The number of benzene rings is 1. The minimum atomic E-state index is -0.937.